The number of likely N-dealkylation sites (tertiary alicyclic amines) is 1. The van der Waals surface area contributed by atoms with Crippen molar-refractivity contribution in [2.75, 3.05) is 13.1 Å². The molecule has 1 saturated heterocycles. The SMILES string of the molecule is Cl.NCCC1CCCCN1Cc1sccc1Cl. The van der Waals surface area contributed by atoms with Crippen LogP contribution in [-0.2, 0) is 6.54 Å². The Balaban J connectivity index is 0.00000144. The molecule has 1 unspecified atom stereocenters. The summed E-state index contributed by atoms with van der Waals surface area (Å²) in [6, 6.07) is 2.65. The average Bonchev–Trinajstić information content (AvgIpc) is 2.68. The summed E-state index contributed by atoms with van der Waals surface area (Å²) in [5.74, 6) is 0. The first-order valence-corrected chi connectivity index (χ1v) is 7.23. The molecule has 1 aliphatic heterocycles. The summed E-state index contributed by atoms with van der Waals surface area (Å²) < 4.78 is 0. The maximum absolute atomic E-state index is 6.14. The number of thiophene rings is 1. The third-order valence-corrected chi connectivity index (χ3v) is 4.66. The normalized spacial score (nSPS) is 21.2. The fourth-order valence-electron chi connectivity index (χ4n) is 2.41. The smallest absolute Gasteiger partial charge is 0.0558 e. The summed E-state index contributed by atoms with van der Waals surface area (Å²) in [6.45, 7) is 2.99. The molecule has 1 fully saturated rings. The summed E-state index contributed by atoms with van der Waals surface area (Å²) in [5.41, 5.74) is 5.67. The molecule has 2 nitrogen and oxygen atoms in total. The Morgan fingerprint density at radius 1 is 1.47 bits per heavy atom. The van der Waals surface area contributed by atoms with E-state index in [0.717, 1.165) is 24.5 Å². The molecule has 1 aromatic rings. The molecule has 1 aromatic heterocycles. The van der Waals surface area contributed by atoms with Crippen LogP contribution in [0.2, 0.25) is 5.02 Å². The Kier molecular flexibility index (Phi) is 6.82. The van der Waals surface area contributed by atoms with Crippen molar-refractivity contribution in [2.24, 2.45) is 5.73 Å². The van der Waals surface area contributed by atoms with Gasteiger partial charge in [-0.15, -0.1) is 23.7 Å². The summed E-state index contributed by atoms with van der Waals surface area (Å²) in [5, 5.41) is 2.99. The molecule has 0 saturated carbocycles. The van der Waals surface area contributed by atoms with Crippen LogP contribution >= 0.6 is 35.3 Å². The molecule has 0 bridgehead atoms. The van der Waals surface area contributed by atoms with E-state index in [1.807, 2.05) is 6.07 Å². The Bertz CT molecular complexity index is 328. The van der Waals surface area contributed by atoms with E-state index in [-0.39, 0.29) is 12.4 Å². The highest BCUT2D eigenvalue weighted by molar-refractivity contribution is 7.10. The third-order valence-electron chi connectivity index (χ3n) is 3.29. The minimum absolute atomic E-state index is 0. The van der Waals surface area contributed by atoms with Gasteiger partial charge in [0.05, 0.1) is 5.02 Å². The molecule has 17 heavy (non-hydrogen) atoms. The number of nitrogens with two attached hydrogens (primary N) is 1. The molecular formula is C12H20Cl2N2S. The van der Waals surface area contributed by atoms with E-state index < -0.39 is 0 Å². The van der Waals surface area contributed by atoms with E-state index >= 15 is 0 Å². The number of hydrogen-bond acceptors (Lipinski definition) is 3. The van der Waals surface area contributed by atoms with Crippen LogP contribution in [0.3, 0.4) is 0 Å². The van der Waals surface area contributed by atoms with Gasteiger partial charge in [0, 0.05) is 17.5 Å². The van der Waals surface area contributed by atoms with Gasteiger partial charge in [-0.05, 0) is 43.8 Å². The van der Waals surface area contributed by atoms with Crippen molar-refractivity contribution < 1.29 is 0 Å². The first-order valence-electron chi connectivity index (χ1n) is 5.97. The van der Waals surface area contributed by atoms with Crippen LogP contribution < -0.4 is 5.73 Å². The topological polar surface area (TPSA) is 29.3 Å². The quantitative estimate of drug-likeness (QED) is 0.920. The van der Waals surface area contributed by atoms with Crippen LogP contribution in [0, 0.1) is 0 Å². The summed E-state index contributed by atoms with van der Waals surface area (Å²) in [6.07, 6.45) is 5.06. The highest BCUT2D eigenvalue weighted by atomic mass is 35.5. The molecule has 0 aromatic carbocycles. The van der Waals surface area contributed by atoms with Gasteiger partial charge in [0.1, 0.15) is 0 Å². The minimum Gasteiger partial charge on any atom is -0.330 e. The molecule has 2 N–H and O–H groups in total. The van der Waals surface area contributed by atoms with Gasteiger partial charge in [-0.25, -0.2) is 0 Å². The second kappa shape index (κ2) is 7.59. The highest BCUT2D eigenvalue weighted by Gasteiger charge is 2.22. The van der Waals surface area contributed by atoms with Gasteiger partial charge in [-0.2, -0.15) is 0 Å². The van der Waals surface area contributed by atoms with E-state index in [4.69, 9.17) is 17.3 Å². The van der Waals surface area contributed by atoms with Crippen LogP contribution in [0.4, 0.5) is 0 Å². The van der Waals surface area contributed by atoms with Crippen LogP contribution in [0.1, 0.15) is 30.6 Å². The molecule has 0 spiro atoms. The number of rotatable bonds is 4. The molecule has 5 heteroatoms. The standard InChI is InChI=1S/C12H19ClN2S.ClH/c13-11-5-8-16-12(11)9-15-7-2-1-3-10(15)4-6-14;/h5,8,10H,1-4,6-7,9,14H2;1H. The number of halogens is 2. The lowest BCUT2D eigenvalue weighted by molar-refractivity contribution is 0.135. The van der Waals surface area contributed by atoms with E-state index in [9.17, 15) is 0 Å². The summed E-state index contributed by atoms with van der Waals surface area (Å²) in [4.78, 5) is 3.85. The number of nitrogens with zero attached hydrogens (tertiary/aromatic N) is 1. The fourth-order valence-corrected chi connectivity index (χ4v) is 3.53. The zero-order chi connectivity index (χ0) is 11.4. The lowest BCUT2D eigenvalue weighted by Crippen LogP contribution is -2.39. The van der Waals surface area contributed by atoms with Crippen molar-refractivity contribution in [3.05, 3.63) is 21.3 Å². The second-order valence-electron chi connectivity index (χ2n) is 4.39. The van der Waals surface area contributed by atoms with Crippen molar-refractivity contribution in [2.45, 2.75) is 38.3 Å². The maximum Gasteiger partial charge on any atom is 0.0558 e. The third kappa shape index (κ3) is 4.11. The second-order valence-corrected chi connectivity index (χ2v) is 5.80. The van der Waals surface area contributed by atoms with Gasteiger partial charge < -0.3 is 5.73 Å². The summed E-state index contributed by atoms with van der Waals surface area (Å²) in [7, 11) is 0. The van der Waals surface area contributed by atoms with Crippen LogP contribution in [0.25, 0.3) is 0 Å². The van der Waals surface area contributed by atoms with Crippen LogP contribution in [0.5, 0.6) is 0 Å². The predicted octanol–water partition coefficient (Wildman–Crippen LogP) is 3.53. The van der Waals surface area contributed by atoms with Crippen LogP contribution in [0.15, 0.2) is 11.4 Å². The minimum atomic E-state index is 0. The zero-order valence-corrected chi connectivity index (χ0v) is 12.3. The molecular weight excluding hydrogens is 275 g/mol. The molecule has 2 rings (SSSR count). The molecule has 0 amide bonds. The van der Waals surface area contributed by atoms with E-state index in [0.29, 0.717) is 6.04 Å². The van der Waals surface area contributed by atoms with Crippen molar-refractivity contribution in [3.63, 3.8) is 0 Å². The van der Waals surface area contributed by atoms with Crippen molar-refractivity contribution >= 4 is 35.3 Å². The van der Waals surface area contributed by atoms with Gasteiger partial charge in [-0.3, -0.25) is 4.90 Å². The first kappa shape index (κ1) is 15.3. The molecule has 98 valence electrons. The Morgan fingerprint density at radius 2 is 2.29 bits per heavy atom. The Morgan fingerprint density at radius 3 is 2.94 bits per heavy atom. The zero-order valence-electron chi connectivity index (χ0n) is 9.90. The van der Waals surface area contributed by atoms with Crippen molar-refractivity contribution in [3.8, 4) is 0 Å². The molecule has 0 aliphatic carbocycles. The first-order chi connectivity index (χ1) is 7.81. The summed E-state index contributed by atoms with van der Waals surface area (Å²) >= 11 is 7.90. The molecule has 1 atom stereocenters. The Labute approximate surface area is 119 Å². The lowest BCUT2D eigenvalue weighted by atomic mass is 9.99. The van der Waals surface area contributed by atoms with Gasteiger partial charge in [0.25, 0.3) is 0 Å². The van der Waals surface area contributed by atoms with Gasteiger partial charge in [0.15, 0.2) is 0 Å². The molecule has 2 heterocycles. The van der Waals surface area contributed by atoms with Gasteiger partial charge in [-0.1, -0.05) is 18.0 Å². The lowest BCUT2D eigenvalue weighted by Gasteiger charge is -2.35. The highest BCUT2D eigenvalue weighted by Crippen LogP contribution is 2.27. The van der Waals surface area contributed by atoms with Crippen LogP contribution in [-0.4, -0.2) is 24.0 Å². The number of hydrogen-bond donors (Lipinski definition) is 1. The molecule has 0 radical (unpaired) electrons. The largest absolute Gasteiger partial charge is 0.330 e. The van der Waals surface area contributed by atoms with E-state index in [1.165, 1.54) is 30.7 Å². The van der Waals surface area contributed by atoms with E-state index in [2.05, 4.69) is 10.3 Å². The maximum atomic E-state index is 6.14. The van der Waals surface area contributed by atoms with Crippen molar-refractivity contribution in [1.82, 2.24) is 4.90 Å². The average molecular weight is 295 g/mol. The van der Waals surface area contributed by atoms with Crippen molar-refractivity contribution in [1.29, 1.82) is 0 Å². The van der Waals surface area contributed by atoms with E-state index in [1.54, 1.807) is 11.3 Å². The number of piperidine rings is 1. The van der Waals surface area contributed by atoms with Gasteiger partial charge >= 0.3 is 0 Å². The Hall–Kier alpha value is 0.200. The molecule has 1 aliphatic rings. The van der Waals surface area contributed by atoms with Gasteiger partial charge in [0.2, 0.25) is 0 Å². The predicted molar refractivity (Wildman–Crippen MR) is 78.3 cm³/mol. The fraction of sp³-hybridized carbons (Fsp3) is 0.667. The monoisotopic (exact) mass is 294 g/mol.